The van der Waals surface area contributed by atoms with E-state index < -0.39 is 26.3 Å². The lowest BCUT2D eigenvalue weighted by atomic mass is 10.1. The minimum atomic E-state index is -4.94. The largest absolute Gasteiger partial charge is 0.573 e. The first kappa shape index (κ1) is 16.9. The number of nitrogens with one attached hydrogen (secondary N) is 1. The Labute approximate surface area is 120 Å². The van der Waals surface area contributed by atoms with Crippen LogP contribution in [0.2, 0.25) is 19.6 Å². The second-order valence-corrected chi connectivity index (χ2v) is 9.89. The van der Waals surface area contributed by atoms with E-state index in [9.17, 15) is 23.1 Å². The number of halogens is 3. The van der Waals surface area contributed by atoms with Crippen LogP contribution in [0, 0.1) is 11.5 Å². The summed E-state index contributed by atoms with van der Waals surface area (Å²) in [6.07, 6.45) is -6.68. The minimum absolute atomic E-state index is 0.100. The molecule has 1 aromatic rings. The number of carbonyl (C=O) groups is 1. The van der Waals surface area contributed by atoms with Gasteiger partial charge >= 0.3 is 6.36 Å². The summed E-state index contributed by atoms with van der Waals surface area (Å²) >= 11 is 0. The first-order chi connectivity index (χ1) is 9.48. The molecule has 0 heterocycles. The Balaban J connectivity index is 3.32. The molecule has 114 valence electrons. The standard InChI is InChI=1S/C13H14F3NO3Si/c1-21(2,3)8-7-9-5-4-6-10(20-13(14,15)16)11(9)17-12(18)19/h4-6,17H,1-3H3,(H,18,19)/p-1. The molecule has 0 unspecified atom stereocenters. The Kier molecular flexibility index (Phi) is 4.91. The zero-order valence-electron chi connectivity index (χ0n) is 11.6. The Morgan fingerprint density at radius 2 is 1.95 bits per heavy atom. The third kappa shape index (κ3) is 6.22. The summed E-state index contributed by atoms with van der Waals surface area (Å²) in [7, 11) is -1.78. The molecular weight excluding hydrogens is 303 g/mol. The van der Waals surface area contributed by atoms with Crippen LogP contribution in [0.3, 0.4) is 0 Å². The van der Waals surface area contributed by atoms with Gasteiger partial charge in [0.25, 0.3) is 0 Å². The van der Waals surface area contributed by atoms with Crippen molar-refractivity contribution in [3.05, 3.63) is 23.8 Å². The zero-order valence-corrected chi connectivity index (χ0v) is 12.6. The number of hydrogen-bond acceptors (Lipinski definition) is 3. The van der Waals surface area contributed by atoms with Gasteiger partial charge in [0.1, 0.15) is 14.2 Å². The zero-order chi connectivity index (χ0) is 16.3. The van der Waals surface area contributed by atoms with Gasteiger partial charge in [-0.2, -0.15) is 0 Å². The number of rotatable bonds is 2. The Morgan fingerprint density at radius 1 is 1.33 bits per heavy atom. The predicted octanol–water partition coefficient (Wildman–Crippen LogP) is 2.57. The van der Waals surface area contributed by atoms with Crippen LogP contribution in [0.5, 0.6) is 5.75 Å². The number of benzene rings is 1. The smallest absolute Gasteiger partial charge is 0.530 e. The summed E-state index contributed by atoms with van der Waals surface area (Å²) in [5.41, 5.74) is 2.67. The molecule has 1 rings (SSSR count). The molecule has 8 heteroatoms. The third-order valence-electron chi connectivity index (χ3n) is 2.05. The lowest BCUT2D eigenvalue weighted by molar-refractivity contribution is -0.274. The maximum Gasteiger partial charge on any atom is 0.573 e. The molecule has 1 N–H and O–H groups in total. The van der Waals surface area contributed by atoms with Crippen molar-refractivity contribution >= 4 is 19.9 Å². The number of hydrogen-bond donors (Lipinski definition) is 1. The van der Waals surface area contributed by atoms with Crippen LogP contribution >= 0.6 is 0 Å². The predicted molar refractivity (Wildman–Crippen MR) is 72.4 cm³/mol. The lowest BCUT2D eigenvalue weighted by Crippen LogP contribution is -2.30. The fourth-order valence-corrected chi connectivity index (χ4v) is 1.84. The average molecular weight is 316 g/mol. The molecular formula is C13H13F3NO3Si-. The van der Waals surface area contributed by atoms with E-state index in [2.05, 4.69) is 16.2 Å². The van der Waals surface area contributed by atoms with Crippen LogP contribution in [0.4, 0.5) is 23.7 Å². The molecule has 0 atom stereocenters. The van der Waals surface area contributed by atoms with Crippen molar-refractivity contribution in [2.45, 2.75) is 26.0 Å². The third-order valence-corrected chi connectivity index (χ3v) is 2.93. The number of carboxylic acid groups (broad SMARTS) is 1. The van der Waals surface area contributed by atoms with Crippen molar-refractivity contribution in [1.82, 2.24) is 0 Å². The van der Waals surface area contributed by atoms with E-state index in [-0.39, 0.29) is 11.3 Å². The van der Waals surface area contributed by atoms with Gasteiger partial charge in [-0.15, -0.1) is 18.7 Å². The quantitative estimate of drug-likeness (QED) is 0.674. The number of ether oxygens (including phenoxy) is 1. The van der Waals surface area contributed by atoms with E-state index in [0.717, 1.165) is 6.07 Å². The van der Waals surface area contributed by atoms with Gasteiger partial charge in [-0.25, -0.2) is 0 Å². The summed E-state index contributed by atoms with van der Waals surface area (Å²) in [5, 5.41) is 12.4. The fourth-order valence-electron chi connectivity index (χ4n) is 1.33. The topological polar surface area (TPSA) is 61.4 Å². The van der Waals surface area contributed by atoms with Crippen LogP contribution in [-0.2, 0) is 0 Å². The molecule has 21 heavy (non-hydrogen) atoms. The van der Waals surface area contributed by atoms with Gasteiger partial charge < -0.3 is 20.0 Å². The number of amides is 1. The van der Waals surface area contributed by atoms with E-state index in [4.69, 9.17) is 0 Å². The first-order valence-corrected chi connectivity index (χ1v) is 9.38. The van der Waals surface area contributed by atoms with Crippen LogP contribution < -0.4 is 15.2 Å². The molecule has 0 saturated carbocycles. The highest BCUT2D eigenvalue weighted by molar-refractivity contribution is 6.83. The molecule has 0 bridgehead atoms. The normalized spacial score (nSPS) is 11.3. The second-order valence-electron chi connectivity index (χ2n) is 5.14. The van der Waals surface area contributed by atoms with Gasteiger partial charge in [0.05, 0.1) is 11.3 Å². The van der Waals surface area contributed by atoms with E-state index in [1.54, 1.807) is 5.32 Å². The second kappa shape index (κ2) is 6.09. The first-order valence-electron chi connectivity index (χ1n) is 5.88. The molecule has 0 aliphatic carbocycles. The van der Waals surface area contributed by atoms with E-state index in [1.165, 1.54) is 12.1 Å². The van der Waals surface area contributed by atoms with Crippen LogP contribution in [0.1, 0.15) is 5.56 Å². The molecule has 1 aromatic carbocycles. The molecule has 0 saturated heterocycles. The van der Waals surface area contributed by atoms with Gasteiger partial charge in [0.2, 0.25) is 0 Å². The van der Waals surface area contributed by atoms with Crippen LogP contribution in [-0.4, -0.2) is 20.5 Å². The van der Waals surface area contributed by atoms with E-state index >= 15 is 0 Å². The van der Waals surface area contributed by atoms with Crippen molar-refractivity contribution in [2.75, 3.05) is 5.32 Å². The number of anilines is 1. The Hall–Kier alpha value is -2.14. The minimum Gasteiger partial charge on any atom is -0.530 e. The maximum atomic E-state index is 12.3. The summed E-state index contributed by atoms with van der Waals surface area (Å²) in [6.45, 7) is 5.84. The molecule has 0 aromatic heterocycles. The van der Waals surface area contributed by atoms with Gasteiger partial charge in [0.15, 0.2) is 5.75 Å². The van der Waals surface area contributed by atoms with Crippen molar-refractivity contribution in [2.24, 2.45) is 0 Å². The highest BCUT2D eigenvalue weighted by atomic mass is 28.3. The fraction of sp³-hybridized carbons (Fsp3) is 0.308. The van der Waals surface area contributed by atoms with Gasteiger partial charge in [0, 0.05) is 0 Å². The summed E-state index contributed by atoms with van der Waals surface area (Å²) in [6, 6.07) is 3.70. The molecule has 0 spiro atoms. The highest BCUT2D eigenvalue weighted by Crippen LogP contribution is 2.32. The summed E-state index contributed by atoms with van der Waals surface area (Å²) in [5.74, 6) is 2.02. The van der Waals surface area contributed by atoms with E-state index in [1.807, 2.05) is 19.6 Å². The number of alkyl halides is 3. The van der Waals surface area contributed by atoms with Crippen LogP contribution in [0.25, 0.3) is 0 Å². The number of para-hydroxylation sites is 1. The van der Waals surface area contributed by atoms with Crippen molar-refractivity contribution in [1.29, 1.82) is 0 Å². The van der Waals surface area contributed by atoms with Gasteiger partial charge in [-0.1, -0.05) is 31.6 Å². The summed E-state index contributed by atoms with van der Waals surface area (Å²) in [4.78, 5) is 10.6. The van der Waals surface area contributed by atoms with Gasteiger partial charge in [-0.3, -0.25) is 0 Å². The molecule has 0 aliphatic heterocycles. The van der Waals surface area contributed by atoms with Gasteiger partial charge in [-0.05, 0) is 12.1 Å². The summed E-state index contributed by atoms with van der Waals surface area (Å²) < 4.78 is 40.8. The monoisotopic (exact) mass is 316 g/mol. The van der Waals surface area contributed by atoms with E-state index in [0.29, 0.717) is 0 Å². The van der Waals surface area contributed by atoms with Crippen molar-refractivity contribution < 1.29 is 27.8 Å². The van der Waals surface area contributed by atoms with Crippen molar-refractivity contribution in [3.8, 4) is 17.2 Å². The molecule has 0 fully saturated rings. The maximum absolute atomic E-state index is 12.3. The average Bonchev–Trinajstić information content (AvgIpc) is 2.26. The number of carbonyl (C=O) groups excluding carboxylic acids is 1. The SMILES string of the molecule is C[Si](C)(C)C#Cc1cccc(OC(F)(F)F)c1NC(=O)[O-]. The Morgan fingerprint density at radius 3 is 2.43 bits per heavy atom. The molecule has 0 aliphatic rings. The van der Waals surface area contributed by atoms with Crippen LogP contribution in [0.15, 0.2) is 18.2 Å². The molecule has 0 radical (unpaired) electrons. The van der Waals surface area contributed by atoms with Crippen molar-refractivity contribution in [3.63, 3.8) is 0 Å². The lowest BCUT2D eigenvalue weighted by Gasteiger charge is -2.16. The molecule has 1 amide bonds. The Bertz CT molecular complexity index is 597. The highest BCUT2D eigenvalue weighted by Gasteiger charge is 2.32. The molecule has 4 nitrogen and oxygen atoms in total.